The van der Waals surface area contributed by atoms with Crippen molar-refractivity contribution in [2.45, 2.75) is 25.9 Å². The van der Waals surface area contributed by atoms with Crippen molar-refractivity contribution in [1.82, 2.24) is 10.2 Å². The van der Waals surface area contributed by atoms with Crippen LogP contribution in [-0.4, -0.2) is 16.8 Å². The molecule has 0 bridgehead atoms. The van der Waals surface area contributed by atoms with Gasteiger partial charge in [-0.05, 0) is 37.6 Å². The second kappa shape index (κ2) is 5.70. The summed E-state index contributed by atoms with van der Waals surface area (Å²) in [6.07, 6.45) is 0. The van der Waals surface area contributed by atoms with Crippen LogP contribution in [0.3, 0.4) is 0 Å². The van der Waals surface area contributed by atoms with E-state index >= 15 is 0 Å². The lowest BCUT2D eigenvalue weighted by molar-refractivity contribution is -0.131. The number of rotatable bonds is 3. The minimum absolute atomic E-state index is 0.0683. The Kier molecular flexibility index (Phi) is 3.83. The predicted molar refractivity (Wildman–Crippen MR) is 84.0 cm³/mol. The summed E-state index contributed by atoms with van der Waals surface area (Å²) in [7, 11) is 0. The summed E-state index contributed by atoms with van der Waals surface area (Å²) in [6, 6.07) is 9.60. The molecule has 1 atom stereocenters. The van der Waals surface area contributed by atoms with E-state index in [1.165, 1.54) is 6.92 Å². The average Bonchev–Trinajstić information content (AvgIpc) is 2.74. The van der Waals surface area contributed by atoms with E-state index in [1.54, 1.807) is 6.07 Å². The molecule has 6 heteroatoms. The summed E-state index contributed by atoms with van der Waals surface area (Å²) in [4.78, 5) is 26.0. The lowest BCUT2D eigenvalue weighted by atomic mass is 9.91. The van der Waals surface area contributed by atoms with Crippen LogP contribution in [0.5, 0.6) is 0 Å². The van der Waals surface area contributed by atoms with Crippen molar-refractivity contribution in [1.29, 1.82) is 0 Å². The Bertz CT molecular complexity index is 838. The predicted octanol–water partition coefficient (Wildman–Crippen LogP) is 3.24. The number of benzene rings is 2. The lowest BCUT2D eigenvalue weighted by Crippen LogP contribution is -2.41. The molecule has 0 spiro atoms. The molecule has 3 amide bonds. The summed E-state index contributed by atoms with van der Waals surface area (Å²) in [5.41, 5.74) is -0.0406. The van der Waals surface area contributed by atoms with Crippen molar-refractivity contribution in [3.63, 3.8) is 0 Å². The maximum absolute atomic E-state index is 14.1. The maximum Gasteiger partial charge on any atom is 0.325 e. The normalized spacial score (nSPS) is 20.4. The second-order valence-corrected chi connectivity index (χ2v) is 6.06. The van der Waals surface area contributed by atoms with E-state index in [0.29, 0.717) is 0 Å². The summed E-state index contributed by atoms with van der Waals surface area (Å²) < 4.78 is 27.6. The Labute approximate surface area is 138 Å². The first-order valence-electron chi connectivity index (χ1n) is 7.46. The van der Waals surface area contributed by atoms with Crippen LogP contribution in [0.2, 0.25) is 0 Å². The fourth-order valence-electron chi connectivity index (χ4n) is 2.90. The van der Waals surface area contributed by atoms with Gasteiger partial charge in [-0.25, -0.2) is 13.6 Å². The Balaban J connectivity index is 1.95. The number of hydrogen-bond acceptors (Lipinski definition) is 2. The van der Waals surface area contributed by atoms with Gasteiger partial charge in [-0.1, -0.05) is 29.8 Å². The third-order valence-electron chi connectivity index (χ3n) is 4.17. The van der Waals surface area contributed by atoms with Crippen LogP contribution >= 0.6 is 0 Å². The Morgan fingerprint density at radius 2 is 1.88 bits per heavy atom. The third kappa shape index (κ3) is 2.64. The highest BCUT2D eigenvalue weighted by atomic mass is 19.1. The molecule has 2 aromatic rings. The van der Waals surface area contributed by atoms with Gasteiger partial charge in [0.1, 0.15) is 17.2 Å². The van der Waals surface area contributed by atoms with E-state index in [9.17, 15) is 18.4 Å². The number of nitrogens with zero attached hydrogens (tertiary/aromatic N) is 1. The zero-order valence-corrected chi connectivity index (χ0v) is 13.3. The van der Waals surface area contributed by atoms with Crippen molar-refractivity contribution in [2.24, 2.45) is 0 Å². The Morgan fingerprint density at radius 1 is 1.12 bits per heavy atom. The van der Waals surface area contributed by atoms with Crippen molar-refractivity contribution < 1.29 is 18.4 Å². The van der Waals surface area contributed by atoms with Gasteiger partial charge < -0.3 is 5.32 Å². The molecular weight excluding hydrogens is 314 g/mol. The molecule has 1 saturated heterocycles. The fourth-order valence-corrected chi connectivity index (χ4v) is 2.90. The van der Waals surface area contributed by atoms with Gasteiger partial charge in [0.2, 0.25) is 0 Å². The molecule has 0 aromatic heterocycles. The summed E-state index contributed by atoms with van der Waals surface area (Å²) >= 11 is 0. The first kappa shape index (κ1) is 16.1. The van der Waals surface area contributed by atoms with Crippen LogP contribution in [0.25, 0.3) is 0 Å². The van der Waals surface area contributed by atoms with Crippen LogP contribution in [0.4, 0.5) is 13.6 Å². The van der Waals surface area contributed by atoms with E-state index in [2.05, 4.69) is 5.32 Å². The summed E-state index contributed by atoms with van der Waals surface area (Å²) in [5, 5.41) is 2.48. The molecule has 24 heavy (non-hydrogen) atoms. The minimum Gasteiger partial charge on any atom is -0.319 e. The number of carbonyl (C=O) groups excluding carboxylic acids is 2. The second-order valence-electron chi connectivity index (χ2n) is 6.06. The highest BCUT2D eigenvalue weighted by Gasteiger charge is 2.50. The maximum atomic E-state index is 14.1. The molecule has 0 saturated carbocycles. The number of amides is 3. The zero-order valence-electron chi connectivity index (χ0n) is 13.3. The molecule has 0 unspecified atom stereocenters. The van der Waals surface area contributed by atoms with E-state index in [0.717, 1.165) is 34.2 Å². The molecule has 1 heterocycles. The third-order valence-corrected chi connectivity index (χ3v) is 4.17. The number of hydrogen-bond donors (Lipinski definition) is 1. The standard InChI is InChI=1S/C18H16F2N2O2/c1-11-4-3-5-12(8-11)10-22-16(23)18(2,21-17(22)24)14-9-13(19)6-7-15(14)20/h3-9H,10H2,1-2H3,(H,21,24)/t18-/m0/s1. The number of halogens is 2. The SMILES string of the molecule is Cc1cccc(CN2C(=O)N[C@@](C)(c3cc(F)ccc3F)C2=O)c1. The van der Waals surface area contributed by atoms with E-state index in [4.69, 9.17) is 0 Å². The minimum atomic E-state index is -1.63. The monoisotopic (exact) mass is 330 g/mol. The van der Waals surface area contributed by atoms with Crippen LogP contribution in [0.1, 0.15) is 23.6 Å². The van der Waals surface area contributed by atoms with E-state index < -0.39 is 29.1 Å². The van der Waals surface area contributed by atoms with Gasteiger partial charge >= 0.3 is 6.03 Å². The molecule has 124 valence electrons. The van der Waals surface area contributed by atoms with E-state index in [-0.39, 0.29) is 12.1 Å². The molecule has 0 aliphatic carbocycles. The molecule has 1 fully saturated rings. The molecule has 1 N–H and O–H groups in total. The molecule has 4 nitrogen and oxygen atoms in total. The number of imide groups is 1. The van der Waals surface area contributed by atoms with Crippen molar-refractivity contribution in [3.8, 4) is 0 Å². The molecule has 1 aliphatic heterocycles. The van der Waals surface area contributed by atoms with Crippen LogP contribution in [-0.2, 0) is 16.9 Å². The smallest absolute Gasteiger partial charge is 0.319 e. The van der Waals surface area contributed by atoms with Gasteiger partial charge in [0, 0.05) is 5.56 Å². The van der Waals surface area contributed by atoms with Crippen molar-refractivity contribution >= 4 is 11.9 Å². The number of urea groups is 1. The fraction of sp³-hybridized carbons (Fsp3) is 0.222. The average molecular weight is 330 g/mol. The zero-order chi connectivity index (χ0) is 17.5. The highest BCUT2D eigenvalue weighted by molar-refractivity contribution is 6.07. The van der Waals surface area contributed by atoms with Crippen molar-refractivity contribution in [2.75, 3.05) is 0 Å². The number of nitrogens with one attached hydrogen (secondary N) is 1. The van der Waals surface area contributed by atoms with Gasteiger partial charge in [0.05, 0.1) is 6.54 Å². The van der Waals surface area contributed by atoms with Gasteiger partial charge in [-0.3, -0.25) is 9.69 Å². The number of aryl methyl sites for hydroxylation is 1. The van der Waals surface area contributed by atoms with Crippen LogP contribution in [0.15, 0.2) is 42.5 Å². The van der Waals surface area contributed by atoms with Crippen LogP contribution in [0, 0.1) is 18.6 Å². The molecule has 2 aromatic carbocycles. The largest absolute Gasteiger partial charge is 0.325 e. The first-order chi connectivity index (χ1) is 11.3. The van der Waals surface area contributed by atoms with Crippen LogP contribution < -0.4 is 5.32 Å². The topological polar surface area (TPSA) is 49.4 Å². The summed E-state index contributed by atoms with van der Waals surface area (Å²) in [6.45, 7) is 3.35. The van der Waals surface area contributed by atoms with Crippen molar-refractivity contribution in [3.05, 3.63) is 70.8 Å². The van der Waals surface area contributed by atoms with Gasteiger partial charge in [0.15, 0.2) is 0 Å². The van der Waals surface area contributed by atoms with E-state index in [1.807, 2.05) is 25.1 Å². The first-order valence-corrected chi connectivity index (χ1v) is 7.46. The molecule has 0 radical (unpaired) electrons. The van der Waals surface area contributed by atoms with Gasteiger partial charge in [-0.2, -0.15) is 0 Å². The summed E-state index contributed by atoms with van der Waals surface area (Å²) in [5.74, 6) is -2.03. The quantitative estimate of drug-likeness (QED) is 0.879. The highest BCUT2D eigenvalue weighted by Crippen LogP contribution is 2.32. The molecule has 1 aliphatic rings. The molecular formula is C18H16F2N2O2. The lowest BCUT2D eigenvalue weighted by Gasteiger charge is -2.23. The van der Waals surface area contributed by atoms with Gasteiger partial charge in [0.25, 0.3) is 5.91 Å². The number of carbonyl (C=O) groups is 2. The Hall–Kier alpha value is -2.76. The molecule has 3 rings (SSSR count). The van der Waals surface area contributed by atoms with Gasteiger partial charge in [-0.15, -0.1) is 0 Å². The Morgan fingerprint density at radius 3 is 2.58 bits per heavy atom.